The zero-order valence-corrected chi connectivity index (χ0v) is 22.5. The molecule has 1 N–H and O–H groups in total. The molecule has 3 aromatic carbocycles. The van der Waals surface area contributed by atoms with Crippen molar-refractivity contribution in [2.45, 2.75) is 19.8 Å². The lowest BCUT2D eigenvalue weighted by Gasteiger charge is -2.12. The minimum Gasteiger partial charge on any atom is -0.483 e. The Balaban J connectivity index is 1.50. The van der Waals surface area contributed by atoms with Crippen LogP contribution in [0.25, 0.3) is 10.9 Å². The smallest absolute Gasteiger partial charge is 0.282 e. The Morgan fingerprint density at radius 1 is 1.14 bits per heavy atom. The van der Waals surface area contributed by atoms with E-state index in [0.717, 1.165) is 4.47 Å². The van der Waals surface area contributed by atoms with Gasteiger partial charge in [0.25, 0.3) is 11.5 Å². The molecular formula is C26H21Br2FN4O3. The number of hydrogen-bond donors (Lipinski definition) is 1. The fourth-order valence-corrected chi connectivity index (χ4v) is 4.24. The number of anilines is 1. The van der Waals surface area contributed by atoms with E-state index < -0.39 is 0 Å². The van der Waals surface area contributed by atoms with Crippen LogP contribution in [0.1, 0.15) is 31.2 Å². The molecular weight excluding hydrogens is 595 g/mol. The Labute approximate surface area is 223 Å². The SMILES string of the molecule is CC(C)c1nc2ccc(Br)cc2c(=O)n1N=Cc1ccc(OCC(=O)Nc2ccc(F)cc2)c(Br)c1. The van der Waals surface area contributed by atoms with Gasteiger partial charge < -0.3 is 10.1 Å². The molecule has 1 aromatic heterocycles. The Morgan fingerprint density at radius 2 is 1.89 bits per heavy atom. The number of rotatable bonds is 7. The first kappa shape index (κ1) is 25.7. The van der Waals surface area contributed by atoms with Crippen LogP contribution in [0.2, 0.25) is 0 Å². The van der Waals surface area contributed by atoms with Crippen LogP contribution in [0.4, 0.5) is 10.1 Å². The average molecular weight is 616 g/mol. The van der Waals surface area contributed by atoms with Crippen molar-refractivity contribution in [3.05, 3.63) is 97.2 Å². The van der Waals surface area contributed by atoms with Crippen molar-refractivity contribution in [1.82, 2.24) is 9.66 Å². The number of hydrogen-bond acceptors (Lipinski definition) is 5. The van der Waals surface area contributed by atoms with Gasteiger partial charge in [0.1, 0.15) is 17.4 Å². The summed E-state index contributed by atoms with van der Waals surface area (Å²) in [7, 11) is 0. The van der Waals surface area contributed by atoms with Crippen molar-refractivity contribution in [3.8, 4) is 5.75 Å². The summed E-state index contributed by atoms with van der Waals surface area (Å²) in [6.07, 6.45) is 1.56. The van der Waals surface area contributed by atoms with Crippen molar-refractivity contribution in [1.29, 1.82) is 0 Å². The topological polar surface area (TPSA) is 85.6 Å². The minimum atomic E-state index is -0.382. The fraction of sp³-hybridized carbons (Fsp3) is 0.154. The molecule has 1 heterocycles. The number of fused-ring (bicyclic) bond motifs is 1. The van der Waals surface area contributed by atoms with Crippen molar-refractivity contribution in [2.24, 2.45) is 5.10 Å². The maximum Gasteiger partial charge on any atom is 0.282 e. The van der Waals surface area contributed by atoms with Crippen LogP contribution in [-0.4, -0.2) is 28.4 Å². The molecule has 0 saturated heterocycles. The number of nitrogens with zero attached hydrogens (tertiary/aromatic N) is 3. The van der Waals surface area contributed by atoms with Gasteiger partial charge in [-0.1, -0.05) is 29.8 Å². The molecule has 0 aliphatic rings. The van der Waals surface area contributed by atoms with Crippen LogP contribution in [0, 0.1) is 5.82 Å². The van der Waals surface area contributed by atoms with Gasteiger partial charge in [-0.05, 0) is 82.2 Å². The molecule has 10 heteroatoms. The molecule has 0 atom stereocenters. The van der Waals surface area contributed by atoms with E-state index in [2.05, 4.69) is 47.3 Å². The monoisotopic (exact) mass is 614 g/mol. The van der Waals surface area contributed by atoms with E-state index in [9.17, 15) is 14.0 Å². The number of amides is 1. The normalized spacial score (nSPS) is 11.4. The molecule has 0 unspecified atom stereocenters. The van der Waals surface area contributed by atoms with Gasteiger partial charge in [-0.15, -0.1) is 0 Å². The second-order valence-electron chi connectivity index (χ2n) is 8.18. The first-order valence-electron chi connectivity index (χ1n) is 11.0. The zero-order valence-electron chi connectivity index (χ0n) is 19.3. The van der Waals surface area contributed by atoms with Crippen molar-refractivity contribution >= 4 is 60.6 Å². The third kappa shape index (κ3) is 6.06. The molecule has 1 amide bonds. The van der Waals surface area contributed by atoms with E-state index in [1.54, 1.807) is 36.5 Å². The number of carbonyl (C=O) groups excluding carboxylic acids is 1. The Hall–Kier alpha value is -3.37. The zero-order chi connectivity index (χ0) is 25.8. The Morgan fingerprint density at radius 3 is 2.58 bits per heavy atom. The third-order valence-electron chi connectivity index (χ3n) is 5.11. The fourth-order valence-electron chi connectivity index (χ4n) is 3.36. The highest BCUT2D eigenvalue weighted by Crippen LogP contribution is 2.26. The molecule has 4 aromatic rings. The van der Waals surface area contributed by atoms with Gasteiger partial charge >= 0.3 is 0 Å². The van der Waals surface area contributed by atoms with E-state index in [-0.39, 0.29) is 29.8 Å². The summed E-state index contributed by atoms with van der Waals surface area (Å²) in [5, 5.41) is 7.53. The van der Waals surface area contributed by atoms with Gasteiger partial charge in [-0.3, -0.25) is 9.59 Å². The lowest BCUT2D eigenvalue weighted by atomic mass is 10.2. The van der Waals surface area contributed by atoms with E-state index in [1.165, 1.54) is 28.9 Å². The van der Waals surface area contributed by atoms with Crippen molar-refractivity contribution < 1.29 is 13.9 Å². The largest absolute Gasteiger partial charge is 0.483 e. The van der Waals surface area contributed by atoms with E-state index in [4.69, 9.17) is 4.74 Å². The molecule has 0 saturated carbocycles. The van der Waals surface area contributed by atoms with Crippen LogP contribution in [0.15, 0.2) is 79.5 Å². The molecule has 36 heavy (non-hydrogen) atoms. The average Bonchev–Trinajstić information content (AvgIpc) is 2.84. The summed E-state index contributed by atoms with van der Waals surface area (Å²) in [4.78, 5) is 29.9. The molecule has 4 rings (SSSR count). The second kappa shape index (κ2) is 11.1. The number of aromatic nitrogens is 2. The van der Waals surface area contributed by atoms with Crippen LogP contribution < -0.4 is 15.6 Å². The van der Waals surface area contributed by atoms with E-state index in [1.807, 2.05) is 19.9 Å². The highest BCUT2D eigenvalue weighted by Gasteiger charge is 2.14. The van der Waals surface area contributed by atoms with E-state index in [0.29, 0.717) is 38.2 Å². The number of carbonyl (C=O) groups is 1. The van der Waals surface area contributed by atoms with E-state index >= 15 is 0 Å². The summed E-state index contributed by atoms with van der Waals surface area (Å²) in [5.74, 6) is 0.227. The summed E-state index contributed by atoms with van der Waals surface area (Å²) >= 11 is 6.84. The molecule has 0 aliphatic carbocycles. The highest BCUT2D eigenvalue weighted by atomic mass is 79.9. The van der Waals surface area contributed by atoms with Gasteiger partial charge in [0, 0.05) is 16.1 Å². The molecule has 0 radical (unpaired) electrons. The molecule has 0 aliphatic heterocycles. The molecule has 7 nitrogen and oxygen atoms in total. The van der Waals surface area contributed by atoms with Crippen LogP contribution >= 0.6 is 31.9 Å². The van der Waals surface area contributed by atoms with Gasteiger partial charge in [-0.2, -0.15) is 9.78 Å². The quantitative estimate of drug-likeness (QED) is 0.255. The summed E-state index contributed by atoms with van der Waals surface area (Å²) < 4.78 is 21.3. The standard InChI is InChI=1S/C26H21Br2FN4O3/c1-15(2)25-32-22-9-4-17(27)12-20(22)26(35)33(25)30-13-16-3-10-23(21(28)11-16)36-14-24(34)31-19-7-5-18(29)6-8-19/h3-13,15H,14H2,1-2H3,(H,31,34). The Kier molecular flexibility index (Phi) is 7.95. The second-order valence-corrected chi connectivity index (χ2v) is 9.95. The van der Waals surface area contributed by atoms with Gasteiger partial charge in [0.15, 0.2) is 6.61 Å². The van der Waals surface area contributed by atoms with Gasteiger partial charge in [0.2, 0.25) is 0 Å². The summed E-state index contributed by atoms with van der Waals surface area (Å²) in [5.41, 5.74) is 1.54. The van der Waals surface area contributed by atoms with Crippen LogP contribution in [0.3, 0.4) is 0 Å². The summed E-state index contributed by atoms with van der Waals surface area (Å²) in [6.45, 7) is 3.68. The molecule has 184 valence electrons. The minimum absolute atomic E-state index is 0.0218. The number of ether oxygens (including phenoxy) is 1. The van der Waals surface area contributed by atoms with Crippen molar-refractivity contribution in [3.63, 3.8) is 0 Å². The first-order valence-corrected chi connectivity index (χ1v) is 12.5. The van der Waals surface area contributed by atoms with Crippen LogP contribution in [-0.2, 0) is 4.79 Å². The number of benzene rings is 3. The predicted molar refractivity (Wildman–Crippen MR) is 145 cm³/mol. The molecule has 0 spiro atoms. The van der Waals surface area contributed by atoms with Gasteiger partial charge in [0.05, 0.1) is 21.6 Å². The third-order valence-corrected chi connectivity index (χ3v) is 6.23. The number of halogens is 3. The predicted octanol–water partition coefficient (Wildman–Crippen LogP) is 6.08. The highest BCUT2D eigenvalue weighted by molar-refractivity contribution is 9.10. The maximum absolute atomic E-state index is 13.1. The maximum atomic E-state index is 13.1. The van der Waals surface area contributed by atoms with Crippen LogP contribution in [0.5, 0.6) is 5.75 Å². The lowest BCUT2D eigenvalue weighted by Crippen LogP contribution is -2.23. The van der Waals surface area contributed by atoms with Gasteiger partial charge in [-0.25, -0.2) is 9.37 Å². The summed E-state index contributed by atoms with van der Waals surface area (Å²) in [6, 6.07) is 16.1. The first-order chi connectivity index (χ1) is 17.2. The molecule has 0 fully saturated rings. The molecule has 0 bridgehead atoms. The Bertz CT molecular complexity index is 1520. The van der Waals surface area contributed by atoms with Crippen molar-refractivity contribution in [2.75, 3.05) is 11.9 Å². The number of nitrogens with one attached hydrogen (secondary N) is 1. The lowest BCUT2D eigenvalue weighted by molar-refractivity contribution is -0.118.